The molecule has 0 amide bonds. The molecule has 0 unspecified atom stereocenters. The summed E-state index contributed by atoms with van der Waals surface area (Å²) in [7, 11) is 0. The Morgan fingerprint density at radius 3 is 2.92 bits per heavy atom. The largest absolute Gasteiger partial charge is 0.508 e. The standard InChI is InChI=1S/C11H14O2/c1-11(2)5-6-13-10-4-3-8(12)7-9(10)11/h3-4,7,12H,5-6H2,1-2H3. The minimum absolute atomic E-state index is 0.117. The number of hydrogen-bond acceptors (Lipinski definition) is 2. The van der Waals surface area contributed by atoms with Gasteiger partial charge >= 0.3 is 0 Å². The number of phenols is 1. The highest BCUT2D eigenvalue weighted by Gasteiger charge is 2.28. The lowest BCUT2D eigenvalue weighted by molar-refractivity contribution is 0.233. The number of aromatic hydroxyl groups is 1. The second-order valence-corrected chi connectivity index (χ2v) is 4.16. The van der Waals surface area contributed by atoms with Crippen LogP contribution < -0.4 is 4.74 Å². The van der Waals surface area contributed by atoms with Crippen molar-refractivity contribution >= 4 is 0 Å². The fraction of sp³-hybridized carbons (Fsp3) is 0.455. The van der Waals surface area contributed by atoms with Crippen LogP contribution in [0.5, 0.6) is 11.5 Å². The van der Waals surface area contributed by atoms with Crippen LogP contribution >= 0.6 is 0 Å². The summed E-state index contributed by atoms with van der Waals surface area (Å²) >= 11 is 0. The molecule has 0 atom stereocenters. The molecule has 13 heavy (non-hydrogen) atoms. The fourth-order valence-corrected chi connectivity index (χ4v) is 1.72. The van der Waals surface area contributed by atoms with E-state index < -0.39 is 0 Å². The molecule has 2 rings (SSSR count). The minimum atomic E-state index is 0.117. The first kappa shape index (κ1) is 8.42. The molecule has 1 aromatic rings. The van der Waals surface area contributed by atoms with Crippen LogP contribution in [0.25, 0.3) is 0 Å². The maximum Gasteiger partial charge on any atom is 0.123 e. The van der Waals surface area contributed by atoms with Crippen molar-refractivity contribution in [3.8, 4) is 11.5 Å². The predicted octanol–water partition coefficient (Wildman–Crippen LogP) is 2.45. The maximum atomic E-state index is 9.36. The molecule has 1 N–H and O–H groups in total. The average Bonchev–Trinajstić information content (AvgIpc) is 2.06. The van der Waals surface area contributed by atoms with E-state index in [4.69, 9.17) is 4.74 Å². The third-order valence-electron chi connectivity index (χ3n) is 2.68. The summed E-state index contributed by atoms with van der Waals surface area (Å²) in [6, 6.07) is 5.31. The second kappa shape index (κ2) is 2.66. The number of phenolic OH excluding ortho intramolecular Hbond substituents is 1. The molecule has 2 heteroatoms. The summed E-state index contributed by atoms with van der Waals surface area (Å²) < 4.78 is 5.50. The van der Waals surface area contributed by atoms with Gasteiger partial charge in [0.15, 0.2) is 0 Å². The Morgan fingerprint density at radius 2 is 2.15 bits per heavy atom. The molecular weight excluding hydrogens is 164 g/mol. The fourth-order valence-electron chi connectivity index (χ4n) is 1.72. The van der Waals surface area contributed by atoms with E-state index in [0.717, 1.165) is 24.3 Å². The van der Waals surface area contributed by atoms with Crippen LogP contribution in [0.3, 0.4) is 0 Å². The molecular formula is C11H14O2. The van der Waals surface area contributed by atoms with Crippen molar-refractivity contribution in [2.45, 2.75) is 25.7 Å². The molecule has 70 valence electrons. The Morgan fingerprint density at radius 1 is 1.38 bits per heavy atom. The van der Waals surface area contributed by atoms with Crippen molar-refractivity contribution in [2.24, 2.45) is 0 Å². The molecule has 0 saturated carbocycles. The van der Waals surface area contributed by atoms with Gasteiger partial charge in [-0.2, -0.15) is 0 Å². The number of hydrogen-bond donors (Lipinski definition) is 1. The summed E-state index contributed by atoms with van der Waals surface area (Å²) in [6.07, 6.45) is 1.00. The Balaban J connectivity index is 2.55. The number of ether oxygens (including phenoxy) is 1. The van der Waals surface area contributed by atoms with E-state index in [1.807, 2.05) is 6.07 Å². The molecule has 0 radical (unpaired) electrons. The van der Waals surface area contributed by atoms with E-state index in [-0.39, 0.29) is 5.41 Å². The van der Waals surface area contributed by atoms with Gasteiger partial charge in [-0.3, -0.25) is 0 Å². The van der Waals surface area contributed by atoms with Gasteiger partial charge in [-0.1, -0.05) is 13.8 Å². The van der Waals surface area contributed by atoms with Gasteiger partial charge in [0.2, 0.25) is 0 Å². The van der Waals surface area contributed by atoms with Crippen LogP contribution in [0.2, 0.25) is 0 Å². The van der Waals surface area contributed by atoms with Crippen LogP contribution in [0.4, 0.5) is 0 Å². The summed E-state index contributed by atoms with van der Waals surface area (Å²) in [6.45, 7) is 5.12. The minimum Gasteiger partial charge on any atom is -0.508 e. The van der Waals surface area contributed by atoms with E-state index in [1.165, 1.54) is 0 Å². The third-order valence-corrected chi connectivity index (χ3v) is 2.68. The maximum absolute atomic E-state index is 9.36. The van der Waals surface area contributed by atoms with Gasteiger partial charge in [-0.15, -0.1) is 0 Å². The molecule has 0 fully saturated rings. The van der Waals surface area contributed by atoms with Gasteiger partial charge in [0, 0.05) is 5.56 Å². The zero-order valence-electron chi connectivity index (χ0n) is 8.00. The van der Waals surface area contributed by atoms with Gasteiger partial charge in [0.1, 0.15) is 11.5 Å². The SMILES string of the molecule is CC1(C)CCOc2ccc(O)cc21. The Bertz CT molecular complexity index is 329. The van der Waals surface area contributed by atoms with Gasteiger partial charge in [0.25, 0.3) is 0 Å². The van der Waals surface area contributed by atoms with Gasteiger partial charge in [-0.05, 0) is 30.0 Å². The van der Waals surface area contributed by atoms with Gasteiger partial charge in [-0.25, -0.2) is 0 Å². The number of fused-ring (bicyclic) bond motifs is 1. The summed E-state index contributed by atoms with van der Waals surface area (Å²) in [4.78, 5) is 0. The van der Waals surface area contributed by atoms with Crippen LogP contribution in [0, 0.1) is 0 Å². The van der Waals surface area contributed by atoms with Gasteiger partial charge in [0.05, 0.1) is 6.61 Å². The third kappa shape index (κ3) is 1.37. The normalized spacial score (nSPS) is 18.9. The molecule has 2 nitrogen and oxygen atoms in total. The monoisotopic (exact) mass is 178 g/mol. The molecule has 0 spiro atoms. The van der Waals surface area contributed by atoms with Crippen molar-refractivity contribution in [1.29, 1.82) is 0 Å². The highest BCUT2D eigenvalue weighted by Crippen LogP contribution is 2.39. The average molecular weight is 178 g/mol. The zero-order chi connectivity index (χ0) is 9.47. The van der Waals surface area contributed by atoms with Crippen LogP contribution in [0.1, 0.15) is 25.8 Å². The molecule has 1 aliphatic heterocycles. The first-order valence-electron chi connectivity index (χ1n) is 4.56. The Labute approximate surface area is 78.2 Å². The molecule has 1 aromatic carbocycles. The lowest BCUT2D eigenvalue weighted by atomic mass is 9.80. The lowest BCUT2D eigenvalue weighted by Crippen LogP contribution is -2.26. The van der Waals surface area contributed by atoms with E-state index >= 15 is 0 Å². The summed E-state index contributed by atoms with van der Waals surface area (Å²) in [5, 5.41) is 9.36. The van der Waals surface area contributed by atoms with Gasteiger partial charge < -0.3 is 9.84 Å². The molecule has 0 aliphatic carbocycles. The molecule has 1 aliphatic rings. The van der Waals surface area contributed by atoms with Crippen LogP contribution in [-0.4, -0.2) is 11.7 Å². The van der Waals surface area contributed by atoms with Crippen molar-refractivity contribution in [2.75, 3.05) is 6.61 Å². The molecule has 0 saturated heterocycles. The van der Waals surface area contributed by atoms with Crippen LogP contribution in [0.15, 0.2) is 18.2 Å². The van der Waals surface area contributed by atoms with Crippen LogP contribution in [-0.2, 0) is 5.41 Å². The summed E-state index contributed by atoms with van der Waals surface area (Å²) in [5.74, 6) is 1.23. The van der Waals surface area contributed by atoms with Crippen molar-refractivity contribution in [1.82, 2.24) is 0 Å². The van der Waals surface area contributed by atoms with E-state index in [1.54, 1.807) is 12.1 Å². The van der Waals surface area contributed by atoms with Crippen molar-refractivity contribution in [3.63, 3.8) is 0 Å². The molecule has 0 bridgehead atoms. The first-order valence-corrected chi connectivity index (χ1v) is 4.56. The van der Waals surface area contributed by atoms with Crippen molar-refractivity contribution in [3.05, 3.63) is 23.8 Å². The Hall–Kier alpha value is -1.18. The number of rotatable bonds is 0. The van der Waals surface area contributed by atoms with E-state index in [0.29, 0.717) is 5.75 Å². The first-order chi connectivity index (χ1) is 6.09. The number of benzene rings is 1. The predicted molar refractivity (Wildman–Crippen MR) is 51.2 cm³/mol. The highest BCUT2D eigenvalue weighted by atomic mass is 16.5. The van der Waals surface area contributed by atoms with E-state index in [9.17, 15) is 5.11 Å². The lowest BCUT2D eigenvalue weighted by Gasteiger charge is -2.32. The van der Waals surface area contributed by atoms with E-state index in [2.05, 4.69) is 13.8 Å². The highest BCUT2D eigenvalue weighted by molar-refractivity contribution is 5.45. The van der Waals surface area contributed by atoms with Crippen molar-refractivity contribution < 1.29 is 9.84 Å². The quantitative estimate of drug-likeness (QED) is 0.661. The Kier molecular flexibility index (Phi) is 1.72. The molecule has 1 heterocycles. The molecule has 0 aromatic heterocycles. The summed E-state index contributed by atoms with van der Waals surface area (Å²) in [5.41, 5.74) is 1.23. The topological polar surface area (TPSA) is 29.5 Å². The second-order valence-electron chi connectivity index (χ2n) is 4.16. The zero-order valence-corrected chi connectivity index (χ0v) is 8.00. The smallest absolute Gasteiger partial charge is 0.123 e.